The van der Waals surface area contributed by atoms with Gasteiger partial charge in [-0.25, -0.2) is 4.79 Å². The van der Waals surface area contributed by atoms with Crippen LogP contribution >= 0.6 is 11.6 Å². The minimum Gasteiger partial charge on any atom is -0.492 e. The lowest BCUT2D eigenvalue weighted by Crippen LogP contribution is -2.33. The zero-order valence-electron chi connectivity index (χ0n) is 23.5. The zero-order valence-corrected chi connectivity index (χ0v) is 24.2. The number of likely N-dealkylation sites (tertiary alicyclic amines) is 1. The highest BCUT2D eigenvalue weighted by molar-refractivity contribution is 6.30. The van der Waals surface area contributed by atoms with Crippen LogP contribution < -0.4 is 14.8 Å². The van der Waals surface area contributed by atoms with Gasteiger partial charge in [-0.05, 0) is 70.3 Å². The number of rotatable bonds is 12. The van der Waals surface area contributed by atoms with Crippen LogP contribution in [0.3, 0.4) is 0 Å². The molecule has 3 aromatic carbocycles. The molecular weight excluding hydrogens is 524 g/mol. The summed E-state index contributed by atoms with van der Waals surface area (Å²) in [5.74, 6) is 1.81. The second-order valence-corrected chi connectivity index (χ2v) is 12.5. The highest BCUT2D eigenvalue weighted by Gasteiger charge is 2.55. The standard InChI is InChI=1S/C33H39ClN2O4/c1-33(2,3)24-8-14-27(15-9-24)40-30(32(37)38)18-22-6-12-26(13-7-22)39-17-16-35-31-28-20-36(21-29(28)31)19-23-4-10-25(34)11-5-23/h4-15,28-31,35H,16-21H2,1-3H3,(H,37,38)/t28-,29?,30+,31?/m1/s1. The number of hydrogen-bond acceptors (Lipinski definition) is 5. The Bertz CT molecular complexity index is 1260. The van der Waals surface area contributed by atoms with Crippen molar-refractivity contribution in [3.05, 3.63) is 94.5 Å². The van der Waals surface area contributed by atoms with E-state index in [2.05, 4.69) is 43.1 Å². The maximum Gasteiger partial charge on any atom is 0.345 e. The predicted molar refractivity (Wildman–Crippen MR) is 158 cm³/mol. The van der Waals surface area contributed by atoms with Crippen molar-refractivity contribution in [1.29, 1.82) is 0 Å². The maximum absolute atomic E-state index is 11.9. The first-order chi connectivity index (χ1) is 19.2. The molecular formula is C33H39ClN2O4. The number of piperidine rings is 1. The van der Waals surface area contributed by atoms with Crippen LogP contribution in [0.4, 0.5) is 0 Å². The van der Waals surface area contributed by atoms with Crippen molar-refractivity contribution >= 4 is 17.6 Å². The molecule has 2 N–H and O–H groups in total. The van der Waals surface area contributed by atoms with E-state index in [1.807, 2.05) is 60.7 Å². The molecule has 0 bridgehead atoms. The first-order valence-electron chi connectivity index (χ1n) is 14.1. The third kappa shape index (κ3) is 7.36. The molecule has 212 valence electrons. The molecule has 0 spiro atoms. The van der Waals surface area contributed by atoms with Crippen molar-refractivity contribution < 1.29 is 19.4 Å². The van der Waals surface area contributed by atoms with E-state index in [1.54, 1.807) is 0 Å². The van der Waals surface area contributed by atoms with Gasteiger partial charge in [0.15, 0.2) is 6.10 Å². The van der Waals surface area contributed by atoms with E-state index in [0.717, 1.165) is 54.4 Å². The number of halogens is 1. The molecule has 2 fully saturated rings. The van der Waals surface area contributed by atoms with Crippen LogP contribution in [0.5, 0.6) is 11.5 Å². The van der Waals surface area contributed by atoms with Crippen molar-refractivity contribution in [2.24, 2.45) is 11.8 Å². The molecule has 5 rings (SSSR count). The fourth-order valence-corrected chi connectivity index (χ4v) is 5.73. The molecule has 1 saturated heterocycles. The summed E-state index contributed by atoms with van der Waals surface area (Å²) in [7, 11) is 0. The van der Waals surface area contributed by atoms with Gasteiger partial charge in [-0.3, -0.25) is 4.90 Å². The third-order valence-corrected chi connectivity index (χ3v) is 8.21. The molecule has 0 radical (unpaired) electrons. The maximum atomic E-state index is 11.9. The summed E-state index contributed by atoms with van der Waals surface area (Å²) >= 11 is 5.99. The molecule has 6 nitrogen and oxygen atoms in total. The lowest BCUT2D eigenvalue weighted by molar-refractivity contribution is -0.145. The molecule has 2 unspecified atom stereocenters. The van der Waals surface area contributed by atoms with Gasteiger partial charge in [-0.1, -0.05) is 68.8 Å². The largest absolute Gasteiger partial charge is 0.492 e. The average molecular weight is 563 g/mol. The zero-order chi connectivity index (χ0) is 28.3. The Hall–Kier alpha value is -3.06. The fourth-order valence-electron chi connectivity index (χ4n) is 5.60. The molecule has 0 amide bonds. The third-order valence-electron chi connectivity index (χ3n) is 7.96. The summed E-state index contributed by atoms with van der Waals surface area (Å²) in [5.41, 5.74) is 3.40. The van der Waals surface area contributed by atoms with Gasteiger partial charge in [0, 0.05) is 43.7 Å². The Labute approximate surface area is 242 Å². The van der Waals surface area contributed by atoms with E-state index < -0.39 is 12.1 Å². The van der Waals surface area contributed by atoms with Gasteiger partial charge in [0.1, 0.15) is 18.1 Å². The topological polar surface area (TPSA) is 71.0 Å². The number of ether oxygens (including phenoxy) is 2. The smallest absolute Gasteiger partial charge is 0.345 e. The van der Waals surface area contributed by atoms with Crippen LogP contribution in [0.25, 0.3) is 0 Å². The molecule has 1 saturated carbocycles. The van der Waals surface area contributed by atoms with Crippen LogP contribution in [0, 0.1) is 11.8 Å². The first-order valence-corrected chi connectivity index (χ1v) is 14.5. The Morgan fingerprint density at radius 2 is 1.55 bits per heavy atom. The first kappa shape index (κ1) is 28.5. The molecule has 3 aromatic rings. The van der Waals surface area contributed by atoms with Crippen LogP contribution in [-0.2, 0) is 23.2 Å². The Morgan fingerprint density at radius 1 is 0.950 bits per heavy atom. The number of nitrogens with one attached hydrogen (secondary N) is 1. The van der Waals surface area contributed by atoms with Gasteiger partial charge in [-0.15, -0.1) is 0 Å². The second-order valence-electron chi connectivity index (χ2n) is 12.0. The monoisotopic (exact) mass is 562 g/mol. The van der Waals surface area contributed by atoms with E-state index in [1.165, 1.54) is 11.1 Å². The number of aliphatic carboxylic acids is 1. The Morgan fingerprint density at radius 3 is 2.15 bits per heavy atom. The summed E-state index contributed by atoms with van der Waals surface area (Å²) in [4.78, 5) is 14.4. The van der Waals surface area contributed by atoms with Gasteiger partial charge >= 0.3 is 5.97 Å². The molecule has 1 aliphatic carbocycles. The average Bonchev–Trinajstić information content (AvgIpc) is 3.37. The molecule has 1 aliphatic heterocycles. The molecule has 2 aliphatic rings. The molecule has 40 heavy (non-hydrogen) atoms. The minimum atomic E-state index is -0.982. The van der Waals surface area contributed by atoms with Gasteiger partial charge in [0.2, 0.25) is 0 Å². The quantitative estimate of drug-likeness (QED) is 0.271. The molecule has 7 heteroatoms. The van der Waals surface area contributed by atoms with Gasteiger partial charge in [0.05, 0.1) is 0 Å². The fraction of sp³-hybridized carbons (Fsp3) is 0.424. The lowest BCUT2D eigenvalue weighted by atomic mass is 9.87. The van der Waals surface area contributed by atoms with E-state index in [0.29, 0.717) is 18.4 Å². The summed E-state index contributed by atoms with van der Waals surface area (Å²) in [6, 6.07) is 24.0. The van der Waals surface area contributed by atoms with Crippen molar-refractivity contribution in [2.75, 3.05) is 26.2 Å². The second kappa shape index (κ2) is 12.2. The van der Waals surface area contributed by atoms with Crippen molar-refractivity contribution in [2.45, 2.75) is 51.3 Å². The van der Waals surface area contributed by atoms with Crippen LogP contribution in [-0.4, -0.2) is 54.4 Å². The van der Waals surface area contributed by atoms with E-state index in [4.69, 9.17) is 21.1 Å². The molecule has 1 heterocycles. The predicted octanol–water partition coefficient (Wildman–Crippen LogP) is 5.81. The van der Waals surface area contributed by atoms with E-state index in [-0.39, 0.29) is 11.8 Å². The van der Waals surface area contributed by atoms with Crippen LogP contribution in [0.15, 0.2) is 72.8 Å². The van der Waals surface area contributed by atoms with Crippen LogP contribution in [0.1, 0.15) is 37.5 Å². The number of benzene rings is 3. The van der Waals surface area contributed by atoms with Crippen molar-refractivity contribution in [1.82, 2.24) is 10.2 Å². The number of nitrogens with zero attached hydrogens (tertiary/aromatic N) is 1. The molecule has 0 aromatic heterocycles. The Balaban J connectivity index is 1.01. The Kier molecular flexibility index (Phi) is 8.69. The minimum absolute atomic E-state index is 0.0302. The van der Waals surface area contributed by atoms with E-state index >= 15 is 0 Å². The summed E-state index contributed by atoms with van der Waals surface area (Å²) < 4.78 is 11.7. The summed E-state index contributed by atoms with van der Waals surface area (Å²) in [6.07, 6.45) is -0.686. The van der Waals surface area contributed by atoms with Gasteiger partial charge in [0.25, 0.3) is 0 Å². The van der Waals surface area contributed by atoms with Gasteiger partial charge in [-0.2, -0.15) is 0 Å². The number of fused-ring (bicyclic) bond motifs is 1. The summed E-state index contributed by atoms with van der Waals surface area (Å²) in [5, 5.41) is 14.2. The van der Waals surface area contributed by atoms with Crippen molar-refractivity contribution in [3.63, 3.8) is 0 Å². The van der Waals surface area contributed by atoms with Gasteiger partial charge < -0.3 is 19.9 Å². The van der Waals surface area contributed by atoms with Crippen LogP contribution in [0.2, 0.25) is 5.02 Å². The number of carbonyl (C=O) groups is 1. The number of carboxylic acids is 1. The highest BCUT2D eigenvalue weighted by Crippen LogP contribution is 2.45. The SMILES string of the molecule is CC(C)(C)c1ccc(O[C@@H](Cc2ccc(OCCNC3C4CN(Cc5ccc(Cl)cc5)C[C@H]43)cc2)C(=O)O)cc1. The van der Waals surface area contributed by atoms with Crippen molar-refractivity contribution in [3.8, 4) is 11.5 Å². The lowest BCUT2D eigenvalue weighted by Gasteiger charge is -2.20. The van der Waals surface area contributed by atoms with E-state index in [9.17, 15) is 9.90 Å². The number of hydrogen-bond donors (Lipinski definition) is 2. The number of carboxylic acid groups (broad SMARTS) is 1. The molecule has 4 atom stereocenters. The summed E-state index contributed by atoms with van der Waals surface area (Å²) in [6.45, 7) is 11.1. The normalized spacial score (nSPS) is 21.1. The highest BCUT2D eigenvalue weighted by atomic mass is 35.5.